The number of nitrogens with zero attached hydrogens (tertiary/aromatic N) is 1. The Morgan fingerprint density at radius 2 is 2.11 bits per heavy atom. The summed E-state index contributed by atoms with van der Waals surface area (Å²) in [5.74, 6) is 1.67. The highest BCUT2D eigenvalue weighted by Gasteiger charge is 2.48. The second kappa shape index (κ2) is 5.89. The van der Waals surface area contributed by atoms with Crippen LogP contribution in [0.2, 0.25) is 0 Å². The second-order valence-corrected chi connectivity index (χ2v) is 6.51. The standard InChI is InChI=1S/C15H30N2O/c1-4-17(10-14-6-5-7-18-14)15(11-16)8-13(9-15)12(2)3/h12-14H,4-11,16H2,1-3H3. The number of likely N-dealkylation sites (N-methyl/N-ethyl adjacent to an activating group) is 1. The highest BCUT2D eigenvalue weighted by molar-refractivity contribution is 5.04. The summed E-state index contributed by atoms with van der Waals surface area (Å²) in [5.41, 5.74) is 6.37. The van der Waals surface area contributed by atoms with Gasteiger partial charge in [-0.2, -0.15) is 0 Å². The van der Waals surface area contributed by atoms with Gasteiger partial charge in [-0.15, -0.1) is 0 Å². The van der Waals surface area contributed by atoms with E-state index >= 15 is 0 Å². The summed E-state index contributed by atoms with van der Waals surface area (Å²) < 4.78 is 5.79. The van der Waals surface area contributed by atoms with Gasteiger partial charge in [0, 0.05) is 25.2 Å². The molecule has 0 spiro atoms. The normalized spacial score (nSPS) is 36.3. The summed E-state index contributed by atoms with van der Waals surface area (Å²) in [6.45, 7) is 10.9. The first-order valence-corrected chi connectivity index (χ1v) is 7.68. The molecule has 106 valence electrons. The van der Waals surface area contributed by atoms with Crippen LogP contribution in [0.25, 0.3) is 0 Å². The molecular weight excluding hydrogens is 224 g/mol. The number of ether oxygens (including phenoxy) is 1. The maximum Gasteiger partial charge on any atom is 0.0703 e. The average molecular weight is 254 g/mol. The molecule has 0 bridgehead atoms. The molecular formula is C15H30N2O. The topological polar surface area (TPSA) is 38.5 Å². The summed E-state index contributed by atoms with van der Waals surface area (Å²) >= 11 is 0. The predicted molar refractivity (Wildman–Crippen MR) is 75.6 cm³/mol. The van der Waals surface area contributed by atoms with Crippen LogP contribution < -0.4 is 5.73 Å². The lowest BCUT2D eigenvalue weighted by Crippen LogP contribution is -2.63. The van der Waals surface area contributed by atoms with Gasteiger partial charge in [0.05, 0.1) is 6.10 Å². The zero-order chi connectivity index (χ0) is 13.2. The number of nitrogens with two attached hydrogens (primary N) is 1. The number of hydrogen-bond donors (Lipinski definition) is 1. The van der Waals surface area contributed by atoms with Crippen molar-refractivity contribution < 1.29 is 4.74 Å². The summed E-state index contributed by atoms with van der Waals surface area (Å²) in [4.78, 5) is 2.60. The average Bonchev–Trinajstić information content (AvgIpc) is 2.79. The van der Waals surface area contributed by atoms with E-state index < -0.39 is 0 Å². The Morgan fingerprint density at radius 1 is 1.39 bits per heavy atom. The van der Waals surface area contributed by atoms with Gasteiger partial charge in [-0.1, -0.05) is 20.8 Å². The molecule has 0 radical (unpaired) electrons. The minimum Gasteiger partial charge on any atom is -0.377 e. The van der Waals surface area contributed by atoms with Gasteiger partial charge in [0.1, 0.15) is 0 Å². The first-order valence-electron chi connectivity index (χ1n) is 7.68. The Kier molecular flexibility index (Phi) is 4.68. The van der Waals surface area contributed by atoms with Gasteiger partial charge in [-0.25, -0.2) is 0 Å². The van der Waals surface area contributed by atoms with Crippen molar-refractivity contribution in [1.82, 2.24) is 4.90 Å². The van der Waals surface area contributed by atoms with Crippen LogP contribution in [0, 0.1) is 11.8 Å². The van der Waals surface area contributed by atoms with Crippen molar-refractivity contribution in [3.63, 3.8) is 0 Å². The van der Waals surface area contributed by atoms with Crippen LogP contribution in [0.15, 0.2) is 0 Å². The van der Waals surface area contributed by atoms with E-state index in [1.165, 1.54) is 25.7 Å². The van der Waals surface area contributed by atoms with Crippen LogP contribution in [0.5, 0.6) is 0 Å². The summed E-state index contributed by atoms with van der Waals surface area (Å²) in [5, 5.41) is 0. The van der Waals surface area contributed by atoms with E-state index in [4.69, 9.17) is 10.5 Å². The molecule has 3 heteroatoms. The molecule has 1 heterocycles. The molecule has 2 aliphatic rings. The molecule has 0 amide bonds. The third-order valence-electron chi connectivity index (χ3n) is 5.11. The lowest BCUT2D eigenvalue weighted by Gasteiger charge is -2.55. The van der Waals surface area contributed by atoms with Crippen molar-refractivity contribution >= 4 is 0 Å². The minimum atomic E-state index is 0.273. The van der Waals surface area contributed by atoms with Crippen molar-refractivity contribution in [2.45, 2.75) is 58.1 Å². The third kappa shape index (κ3) is 2.73. The van der Waals surface area contributed by atoms with Crippen LogP contribution in [0.3, 0.4) is 0 Å². The molecule has 0 aromatic carbocycles. The minimum absolute atomic E-state index is 0.273. The predicted octanol–water partition coefficient (Wildman–Crippen LogP) is 2.25. The lowest BCUT2D eigenvalue weighted by atomic mass is 9.63. The first kappa shape index (κ1) is 14.3. The van der Waals surface area contributed by atoms with Gasteiger partial charge in [-0.3, -0.25) is 4.90 Å². The fraction of sp³-hybridized carbons (Fsp3) is 1.00. The first-order chi connectivity index (χ1) is 8.61. The zero-order valence-electron chi connectivity index (χ0n) is 12.3. The van der Waals surface area contributed by atoms with E-state index in [0.29, 0.717) is 6.10 Å². The van der Waals surface area contributed by atoms with E-state index in [0.717, 1.165) is 38.1 Å². The third-order valence-corrected chi connectivity index (χ3v) is 5.11. The molecule has 1 unspecified atom stereocenters. The van der Waals surface area contributed by atoms with Crippen molar-refractivity contribution in [1.29, 1.82) is 0 Å². The monoisotopic (exact) mass is 254 g/mol. The Hall–Kier alpha value is -0.120. The Morgan fingerprint density at radius 3 is 2.56 bits per heavy atom. The van der Waals surface area contributed by atoms with Crippen LogP contribution in [0.1, 0.15) is 46.5 Å². The molecule has 3 nitrogen and oxygen atoms in total. The SMILES string of the molecule is CCN(CC1CCCO1)C1(CN)CC(C(C)C)C1. The van der Waals surface area contributed by atoms with Gasteiger partial charge >= 0.3 is 0 Å². The highest BCUT2D eigenvalue weighted by atomic mass is 16.5. The molecule has 1 aliphatic heterocycles. The van der Waals surface area contributed by atoms with Crippen molar-refractivity contribution in [2.24, 2.45) is 17.6 Å². The molecule has 2 fully saturated rings. The van der Waals surface area contributed by atoms with E-state index in [-0.39, 0.29) is 5.54 Å². The fourth-order valence-corrected chi connectivity index (χ4v) is 3.63. The maximum absolute atomic E-state index is 6.10. The van der Waals surface area contributed by atoms with Crippen LogP contribution in [-0.4, -0.2) is 42.8 Å². The Bertz CT molecular complexity index is 255. The summed E-state index contributed by atoms with van der Waals surface area (Å²) in [7, 11) is 0. The van der Waals surface area contributed by atoms with Gasteiger partial charge in [0.2, 0.25) is 0 Å². The van der Waals surface area contributed by atoms with Gasteiger partial charge < -0.3 is 10.5 Å². The van der Waals surface area contributed by atoms with Crippen LogP contribution in [-0.2, 0) is 4.74 Å². The molecule has 18 heavy (non-hydrogen) atoms. The molecule has 1 saturated heterocycles. The molecule has 0 aromatic heterocycles. The van der Waals surface area contributed by atoms with E-state index in [1.807, 2.05) is 0 Å². The number of hydrogen-bond acceptors (Lipinski definition) is 3. The van der Waals surface area contributed by atoms with E-state index in [1.54, 1.807) is 0 Å². The molecule has 1 aliphatic carbocycles. The van der Waals surface area contributed by atoms with Crippen LogP contribution in [0.4, 0.5) is 0 Å². The molecule has 2 rings (SSSR count). The Balaban J connectivity index is 1.92. The fourth-order valence-electron chi connectivity index (χ4n) is 3.63. The van der Waals surface area contributed by atoms with Crippen molar-refractivity contribution in [3.05, 3.63) is 0 Å². The smallest absolute Gasteiger partial charge is 0.0703 e. The maximum atomic E-state index is 6.10. The lowest BCUT2D eigenvalue weighted by molar-refractivity contribution is -0.0550. The largest absolute Gasteiger partial charge is 0.377 e. The highest BCUT2D eigenvalue weighted by Crippen LogP contribution is 2.45. The van der Waals surface area contributed by atoms with Crippen molar-refractivity contribution in [2.75, 3.05) is 26.2 Å². The van der Waals surface area contributed by atoms with Gasteiger partial charge in [0.25, 0.3) is 0 Å². The van der Waals surface area contributed by atoms with Crippen LogP contribution >= 0.6 is 0 Å². The van der Waals surface area contributed by atoms with Crippen molar-refractivity contribution in [3.8, 4) is 0 Å². The summed E-state index contributed by atoms with van der Waals surface area (Å²) in [6, 6.07) is 0. The van der Waals surface area contributed by atoms with Gasteiger partial charge in [0.15, 0.2) is 0 Å². The molecule has 2 N–H and O–H groups in total. The summed E-state index contributed by atoms with van der Waals surface area (Å²) in [6.07, 6.45) is 5.47. The van der Waals surface area contributed by atoms with E-state index in [2.05, 4.69) is 25.7 Å². The Labute approximate surface area is 112 Å². The van der Waals surface area contributed by atoms with E-state index in [9.17, 15) is 0 Å². The second-order valence-electron chi connectivity index (χ2n) is 6.51. The molecule has 0 aromatic rings. The van der Waals surface area contributed by atoms with Gasteiger partial charge in [-0.05, 0) is 44.1 Å². The quantitative estimate of drug-likeness (QED) is 0.790. The molecule has 1 atom stereocenters. The number of rotatable bonds is 6. The zero-order valence-corrected chi connectivity index (χ0v) is 12.3. The molecule has 1 saturated carbocycles.